The maximum atomic E-state index is 12.8. The van der Waals surface area contributed by atoms with Crippen molar-refractivity contribution in [3.8, 4) is 0 Å². The molecule has 1 aromatic rings. The van der Waals surface area contributed by atoms with E-state index in [0.717, 1.165) is 25.2 Å². The summed E-state index contributed by atoms with van der Waals surface area (Å²) in [5.74, 6) is 1.17. The number of hydrogen-bond donors (Lipinski definition) is 1. The summed E-state index contributed by atoms with van der Waals surface area (Å²) in [5, 5.41) is 9.34. The number of pyridine rings is 1. The van der Waals surface area contributed by atoms with Gasteiger partial charge in [-0.15, -0.1) is 0 Å². The van der Waals surface area contributed by atoms with Crippen LogP contribution >= 0.6 is 0 Å². The summed E-state index contributed by atoms with van der Waals surface area (Å²) in [6.45, 7) is 1.60. The van der Waals surface area contributed by atoms with Crippen LogP contribution in [-0.4, -0.2) is 53.7 Å². The molecule has 2 fully saturated rings. The monoisotopic (exact) mass is 317 g/mol. The number of aliphatic hydroxyl groups excluding tert-OH is 1. The molecule has 1 saturated carbocycles. The Labute approximate surface area is 138 Å². The SMILES string of the molecule is CN(c1cc(C(=O)N2CCCC(CO)C2)ccn1)C1CCCC1. The van der Waals surface area contributed by atoms with Crippen LogP contribution in [0, 0.1) is 5.92 Å². The molecule has 0 spiro atoms. The number of carbonyl (C=O) groups excluding carboxylic acids is 1. The number of carbonyl (C=O) groups is 1. The highest BCUT2D eigenvalue weighted by molar-refractivity contribution is 5.95. The van der Waals surface area contributed by atoms with E-state index >= 15 is 0 Å². The van der Waals surface area contributed by atoms with Gasteiger partial charge in [0.1, 0.15) is 5.82 Å². The van der Waals surface area contributed by atoms with Crippen molar-refractivity contribution in [2.24, 2.45) is 5.92 Å². The number of rotatable bonds is 4. The number of likely N-dealkylation sites (tertiary alicyclic amines) is 1. The molecule has 0 aromatic carbocycles. The summed E-state index contributed by atoms with van der Waals surface area (Å²) in [4.78, 5) is 21.3. The van der Waals surface area contributed by atoms with Crippen LogP contribution in [0.25, 0.3) is 0 Å². The van der Waals surface area contributed by atoms with Crippen LogP contribution in [0.5, 0.6) is 0 Å². The van der Waals surface area contributed by atoms with Crippen LogP contribution in [0.3, 0.4) is 0 Å². The highest BCUT2D eigenvalue weighted by Gasteiger charge is 2.25. The summed E-state index contributed by atoms with van der Waals surface area (Å²) >= 11 is 0. The average molecular weight is 317 g/mol. The van der Waals surface area contributed by atoms with E-state index in [1.54, 1.807) is 12.3 Å². The highest BCUT2D eigenvalue weighted by atomic mass is 16.3. The van der Waals surface area contributed by atoms with Gasteiger partial charge in [-0.25, -0.2) is 4.98 Å². The second-order valence-corrected chi connectivity index (χ2v) is 6.89. The van der Waals surface area contributed by atoms with Crippen LogP contribution in [0.4, 0.5) is 5.82 Å². The fraction of sp³-hybridized carbons (Fsp3) is 0.667. The van der Waals surface area contributed by atoms with Crippen molar-refractivity contribution < 1.29 is 9.90 Å². The number of piperidine rings is 1. The molecule has 5 heteroatoms. The zero-order chi connectivity index (χ0) is 16.2. The number of hydrogen-bond acceptors (Lipinski definition) is 4. The third-order valence-electron chi connectivity index (χ3n) is 5.29. The van der Waals surface area contributed by atoms with E-state index in [-0.39, 0.29) is 18.4 Å². The smallest absolute Gasteiger partial charge is 0.254 e. The second-order valence-electron chi connectivity index (χ2n) is 6.89. The molecule has 2 aliphatic rings. The fourth-order valence-corrected chi connectivity index (χ4v) is 3.80. The first kappa shape index (κ1) is 16.2. The zero-order valence-corrected chi connectivity index (χ0v) is 13.9. The average Bonchev–Trinajstić information content (AvgIpc) is 3.15. The minimum absolute atomic E-state index is 0.0617. The number of amides is 1. The van der Waals surface area contributed by atoms with Gasteiger partial charge < -0.3 is 14.9 Å². The lowest BCUT2D eigenvalue weighted by molar-refractivity contribution is 0.0620. The first-order chi connectivity index (χ1) is 11.2. The van der Waals surface area contributed by atoms with E-state index in [9.17, 15) is 9.90 Å². The summed E-state index contributed by atoms with van der Waals surface area (Å²) < 4.78 is 0. The van der Waals surface area contributed by atoms with Gasteiger partial charge in [0.25, 0.3) is 5.91 Å². The number of aliphatic hydroxyl groups is 1. The van der Waals surface area contributed by atoms with Crippen molar-refractivity contribution in [2.75, 3.05) is 31.6 Å². The van der Waals surface area contributed by atoms with E-state index in [1.807, 2.05) is 11.0 Å². The van der Waals surface area contributed by atoms with Gasteiger partial charge in [-0.05, 0) is 43.7 Å². The Hall–Kier alpha value is -1.62. The molecule has 0 bridgehead atoms. The first-order valence-corrected chi connectivity index (χ1v) is 8.78. The normalized spacial score (nSPS) is 22.3. The van der Waals surface area contributed by atoms with Gasteiger partial charge in [-0.2, -0.15) is 0 Å². The lowest BCUT2D eigenvalue weighted by Crippen LogP contribution is -2.41. The first-order valence-electron chi connectivity index (χ1n) is 8.78. The number of nitrogens with zero attached hydrogens (tertiary/aromatic N) is 3. The molecule has 1 N–H and O–H groups in total. The van der Waals surface area contributed by atoms with Gasteiger partial charge >= 0.3 is 0 Å². The lowest BCUT2D eigenvalue weighted by Gasteiger charge is -2.32. The van der Waals surface area contributed by atoms with Crippen LogP contribution in [-0.2, 0) is 0 Å². The van der Waals surface area contributed by atoms with Gasteiger partial charge in [-0.1, -0.05) is 12.8 Å². The predicted octanol–water partition coefficient (Wildman–Crippen LogP) is 2.30. The summed E-state index contributed by atoms with van der Waals surface area (Å²) in [6.07, 6.45) is 8.69. The molecule has 1 amide bonds. The minimum Gasteiger partial charge on any atom is -0.396 e. The summed E-state index contributed by atoms with van der Waals surface area (Å²) in [6, 6.07) is 4.27. The number of aromatic nitrogens is 1. The maximum absolute atomic E-state index is 12.8. The van der Waals surface area contributed by atoms with Gasteiger partial charge in [0, 0.05) is 44.5 Å². The molecule has 0 radical (unpaired) electrons. The molecule has 1 atom stereocenters. The largest absolute Gasteiger partial charge is 0.396 e. The molecule has 2 heterocycles. The van der Waals surface area contributed by atoms with E-state index in [4.69, 9.17) is 0 Å². The molecular formula is C18H27N3O2. The van der Waals surface area contributed by atoms with E-state index in [2.05, 4.69) is 16.9 Å². The Morgan fingerprint density at radius 2 is 2.13 bits per heavy atom. The van der Waals surface area contributed by atoms with E-state index in [1.165, 1.54) is 25.7 Å². The third kappa shape index (κ3) is 3.66. The van der Waals surface area contributed by atoms with Crippen molar-refractivity contribution >= 4 is 11.7 Å². The molecule has 23 heavy (non-hydrogen) atoms. The Morgan fingerprint density at radius 1 is 1.35 bits per heavy atom. The molecule has 1 unspecified atom stereocenters. The summed E-state index contributed by atoms with van der Waals surface area (Å²) in [5.41, 5.74) is 0.707. The van der Waals surface area contributed by atoms with Crippen LogP contribution in [0.2, 0.25) is 0 Å². The van der Waals surface area contributed by atoms with E-state index in [0.29, 0.717) is 18.2 Å². The van der Waals surface area contributed by atoms with Gasteiger partial charge in [0.15, 0.2) is 0 Å². The zero-order valence-electron chi connectivity index (χ0n) is 13.9. The quantitative estimate of drug-likeness (QED) is 0.926. The van der Waals surface area contributed by atoms with Crippen molar-refractivity contribution in [1.29, 1.82) is 0 Å². The molecular weight excluding hydrogens is 290 g/mol. The Bertz CT molecular complexity index is 543. The van der Waals surface area contributed by atoms with Gasteiger partial charge in [-0.3, -0.25) is 4.79 Å². The highest BCUT2D eigenvalue weighted by Crippen LogP contribution is 2.26. The molecule has 1 aliphatic heterocycles. The predicted molar refractivity (Wildman–Crippen MR) is 90.6 cm³/mol. The molecule has 3 rings (SSSR count). The van der Waals surface area contributed by atoms with Crippen LogP contribution in [0.1, 0.15) is 48.9 Å². The fourth-order valence-electron chi connectivity index (χ4n) is 3.80. The third-order valence-corrected chi connectivity index (χ3v) is 5.29. The lowest BCUT2D eigenvalue weighted by atomic mass is 9.98. The van der Waals surface area contributed by atoms with Crippen molar-refractivity contribution in [3.05, 3.63) is 23.9 Å². The van der Waals surface area contributed by atoms with Gasteiger partial charge in [0.05, 0.1) is 0 Å². The minimum atomic E-state index is 0.0617. The van der Waals surface area contributed by atoms with Crippen molar-refractivity contribution in [3.63, 3.8) is 0 Å². The van der Waals surface area contributed by atoms with E-state index < -0.39 is 0 Å². The molecule has 1 aromatic heterocycles. The maximum Gasteiger partial charge on any atom is 0.254 e. The molecule has 126 valence electrons. The Kier molecular flexibility index (Phi) is 5.16. The topological polar surface area (TPSA) is 56.7 Å². The molecule has 1 aliphatic carbocycles. The van der Waals surface area contributed by atoms with Crippen LogP contribution < -0.4 is 4.90 Å². The summed E-state index contributed by atoms with van der Waals surface area (Å²) in [7, 11) is 2.08. The van der Waals surface area contributed by atoms with Crippen molar-refractivity contribution in [1.82, 2.24) is 9.88 Å². The molecule has 5 nitrogen and oxygen atoms in total. The van der Waals surface area contributed by atoms with Gasteiger partial charge in [0.2, 0.25) is 0 Å². The Morgan fingerprint density at radius 3 is 2.87 bits per heavy atom. The number of anilines is 1. The second kappa shape index (κ2) is 7.30. The molecule has 1 saturated heterocycles. The standard InChI is InChI=1S/C18H27N3O2/c1-20(16-6-2-3-7-16)17-11-15(8-9-19-17)18(23)21-10-4-5-14(12-21)13-22/h8-9,11,14,16,22H,2-7,10,12-13H2,1H3. The van der Waals surface area contributed by atoms with Crippen molar-refractivity contribution in [2.45, 2.75) is 44.6 Å². The Balaban J connectivity index is 1.72. The van der Waals surface area contributed by atoms with Crippen LogP contribution in [0.15, 0.2) is 18.3 Å².